The molecule has 0 unspecified atom stereocenters. The number of fused-ring (bicyclic) bond motifs is 2. The topological polar surface area (TPSA) is 99.2 Å². The minimum atomic E-state index is -0.0871. The standard InChI is InChI=1S/C21H21N7O2/c1-12(2)30-15-6-4-14(5-7-15)16-10-20(29)23-21-17(16)11-22-28(21)19-9-8-18-25-24-13(3)27(18)26-19/h4-9,11-12,16H,10H2,1-3H3,(H,23,29)/t16-/m0/s1. The van der Waals surface area contributed by atoms with Crippen LogP contribution in [-0.2, 0) is 4.79 Å². The molecule has 0 radical (unpaired) electrons. The van der Waals surface area contributed by atoms with Crippen molar-refractivity contribution in [2.24, 2.45) is 0 Å². The van der Waals surface area contributed by atoms with Gasteiger partial charge in [0.25, 0.3) is 0 Å². The Labute approximate surface area is 172 Å². The Morgan fingerprint density at radius 2 is 1.93 bits per heavy atom. The van der Waals surface area contributed by atoms with Gasteiger partial charge in [0.15, 0.2) is 17.3 Å². The summed E-state index contributed by atoms with van der Waals surface area (Å²) in [6, 6.07) is 11.5. The number of anilines is 1. The molecule has 0 saturated heterocycles. The lowest BCUT2D eigenvalue weighted by Gasteiger charge is -2.24. The van der Waals surface area contributed by atoms with Crippen LogP contribution in [0.5, 0.6) is 5.75 Å². The van der Waals surface area contributed by atoms with Crippen LogP contribution in [0.3, 0.4) is 0 Å². The molecule has 0 fully saturated rings. The van der Waals surface area contributed by atoms with E-state index in [1.54, 1.807) is 15.4 Å². The van der Waals surface area contributed by atoms with Gasteiger partial charge in [0.05, 0.1) is 12.3 Å². The van der Waals surface area contributed by atoms with Crippen molar-refractivity contribution in [1.29, 1.82) is 0 Å². The molecule has 1 atom stereocenters. The zero-order valence-corrected chi connectivity index (χ0v) is 16.9. The zero-order chi connectivity index (χ0) is 20.8. The van der Waals surface area contributed by atoms with E-state index in [0.717, 1.165) is 16.9 Å². The van der Waals surface area contributed by atoms with Crippen LogP contribution in [0.1, 0.15) is 43.1 Å². The Morgan fingerprint density at radius 1 is 1.13 bits per heavy atom. The molecule has 0 aliphatic carbocycles. The van der Waals surface area contributed by atoms with Crippen LogP contribution in [0.2, 0.25) is 0 Å². The van der Waals surface area contributed by atoms with E-state index in [1.165, 1.54) is 0 Å². The van der Waals surface area contributed by atoms with Gasteiger partial charge in [-0.3, -0.25) is 4.79 Å². The summed E-state index contributed by atoms with van der Waals surface area (Å²) >= 11 is 0. The van der Waals surface area contributed by atoms with Crippen molar-refractivity contribution in [2.75, 3.05) is 5.32 Å². The van der Waals surface area contributed by atoms with Gasteiger partial charge in [-0.05, 0) is 50.6 Å². The molecule has 5 rings (SSSR count). The maximum atomic E-state index is 12.5. The molecular formula is C21H21N7O2. The normalized spacial score (nSPS) is 16.0. The van der Waals surface area contributed by atoms with Crippen LogP contribution >= 0.6 is 0 Å². The molecule has 4 aromatic rings. The third kappa shape index (κ3) is 3.08. The number of amides is 1. The molecule has 0 spiro atoms. The summed E-state index contributed by atoms with van der Waals surface area (Å²) in [5.41, 5.74) is 2.65. The average Bonchev–Trinajstić information content (AvgIpc) is 3.31. The zero-order valence-electron chi connectivity index (χ0n) is 16.9. The molecule has 3 aromatic heterocycles. The second-order valence-corrected chi connectivity index (χ2v) is 7.61. The number of carbonyl (C=O) groups is 1. The Kier molecular flexibility index (Phi) is 4.23. The van der Waals surface area contributed by atoms with Gasteiger partial charge in [0.2, 0.25) is 5.91 Å². The minimum Gasteiger partial charge on any atom is -0.491 e. The van der Waals surface area contributed by atoms with E-state index < -0.39 is 0 Å². The lowest BCUT2D eigenvalue weighted by molar-refractivity contribution is -0.116. The molecule has 1 aliphatic heterocycles. The van der Waals surface area contributed by atoms with Gasteiger partial charge in [0.1, 0.15) is 11.6 Å². The van der Waals surface area contributed by atoms with Crippen molar-refractivity contribution in [1.82, 2.24) is 29.6 Å². The van der Waals surface area contributed by atoms with Crippen molar-refractivity contribution in [3.8, 4) is 11.6 Å². The number of nitrogens with one attached hydrogen (secondary N) is 1. The highest BCUT2D eigenvalue weighted by atomic mass is 16.5. The Bertz CT molecular complexity index is 1240. The minimum absolute atomic E-state index is 0.0571. The number of aryl methyl sites for hydroxylation is 1. The molecule has 30 heavy (non-hydrogen) atoms. The lowest BCUT2D eigenvalue weighted by Crippen LogP contribution is -2.25. The number of benzene rings is 1. The van der Waals surface area contributed by atoms with E-state index >= 15 is 0 Å². The summed E-state index contributed by atoms with van der Waals surface area (Å²) in [5, 5.41) is 20.1. The van der Waals surface area contributed by atoms with Crippen LogP contribution in [-0.4, -0.2) is 41.6 Å². The van der Waals surface area contributed by atoms with Crippen LogP contribution in [0.15, 0.2) is 42.6 Å². The maximum absolute atomic E-state index is 12.5. The van der Waals surface area contributed by atoms with Gasteiger partial charge in [-0.2, -0.15) is 14.3 Å². The molecule has 1 N–H and O–H groups in total. The van der Waals surface area contributed by atoms with Gasteiger partial charge < -0.3 is 10.1 Å². The predicted octanol–water partition coefficient (Wildman–Crippen LogP) is 2.88. The summed E-state index contributed by atoms with van der Waals surface area (Å²) < 4.78 is 9.03. The van der Waals surface area contributed by atoms with Crippen molar-refractivity contribution in [3.05, 3.63) is 59.5 Å². The monoisotopic (exact) mass is 403 g/mol. The van der Waals surface area contributed by atoms with E-state index in [0.29, 0.717) is 29.5 Å². The van der Waals surface area contributed by atoms with Gasteiger partial charge in [-0.1, -0.05) is 12.1 Å². The quantitative estimate of drug-likeness (QED) is 0.562. The van der Waals surface area contributed by atoms with Crippen molar-refractivity contribution < 1.29 is 9.53 Å². The Hall–Kier alpha value is -3.75. The molecular weight excluding hydrogens is 382 g/mol. The number of aromatic nitrogens is 6. The predicted molar refractivity (Wildman–Crippen MR) is 110 cm³/mol. The van der Waals surface area contributed by atoms with Gasteiger partial charge >= 0.3 is 0 Å². The second kappa shape index (κ2) is 6.94. The van der Waals surface area contributed by atoms with Crippen molar-refractivity contribution in [2.45, 2.75) is 39.2 Å². The fourth-order valence-electron chi connectivity index (χ4n) is 3.74. The number of hydrogen-bond donors (Lipinski definition) is 1. The Balaban J connectivity index is 1.54. The van der Waals surface area contributed by atoms with Crippen LogP contribution < -0.4 is 10.1 Å². The summed E-state index contributed by atoms with van der Waals surface area (Å²) in [6.07, 6.45) is 2.27. The highest BCUT2D eigenvalue weighted by Gasteiger charge is 2.30. The molecule has 4 heterocycles. The van der Waals surface area contributed by atoms with Gasteiger partial charge in [-0.25, -0.2) is 0 Å². The SMILES string of the molecule is Cc1nnc2ccc(-n3ncc4c3NC(=O)C[C@H]4c3ccc(OC(C)C)cc3)nn12. The van der Waals surface area contributed by atoms with Crippen LogP contribution in [0.25, 0.3) is 11.5 Å². The maximum Gasteiger partial charge on any atom is 0.226 e. The number of hydrogen-bond acceptors (Lipinski definition) is 6. The summed E-state index contributed by atoms with van der Waals surface area (Å²) in [5.74, 6) is 2.56. The number of ether oxygens (including phenoxy) is 1. The molecule has 1 amide bonds. The first-order valence-corrected chi connectivity index (χ1v) is 9.83. The van der Waals surface area contributed by atoms with Crippen molar-refractivity contribution in [3.63, 3.8) is 0 Å². The number of nitrogens with zero attached hydrogens (tertiary/aromatic N) is 6. The fourth-order valence-corrected chi connectivity index (χ4v) is 3.74. The van der Waals surface area contributed by atoms with E-state index in [4.69, 9.17) is 4.74 Å². The summed E-state index contributed by atoms with van der Waals surface area (Å²) in [7, 11) is 0. The third-order valence-electron chi connectivity index (χ3n) is 5.10. The largest absolute Gasteiger partial charge is 0.491 e. The number of rotatable bonds is 4. The number of carbonyl (C=O) groups excluding carboxylic acids is 1. The fraction of sp³-hybridized carbons (Fsp3) is 0.286. The first-order chi connectivity index (χ1) is 14.5. The van der Waals surface area contributed by atoms with Gasteiger partial charge in [0, 0.05) is 17.9 Å². The average molecular weight is 403 g/mol. The highest BCUT2D eigenvalue weighted by Crippen LogP contribution is 2.38. The molecule has 0 saturated carbocycles. The smallest absolute Gasteiger partial charge is 0.226 e. The van der Waals surface area contributed by atoms with E-state index in [2.05, 4.69) is 25.7 Å². The molecule has 1 aromatic carbocycles. The molecule has 9 nitrogen and oxygen atoms in total. The first-order valence-electron chi connectivity index (χ1n) is 9.83. The van der Waals surface area contributed by atoms with E-state index in [9.17, 15) is 4.79 Å². The van der Waals surface area contributed by atoms with Crippen LogP contribution in [0, 0.1) is 6.92 Å². The van der Waals surface area contributed by atoms with E-state index in [-0.39, 0.29) is 17.9 Å². The summed E-state index contributed by atoms with van der Waals surface area (Å²) in [6.45, 7) is 5.82. The molecule has 1 aliphatic rings. The molecule has 152 valence electrons. The highest BCUT2D eigenvalue weighted by molar-refractivity contribution is 5.94. The van der Waals surface area contributed by atoms with Crippen molar-refractivity contribution >= 4 is 17.4 Å². The van der Waals surface area contributed by atoms with Crippen LogP contribution in [0.4, 0.5) is 5.82 Å². The Morgan fingerprint density at radius 3 is 2.70 bits per heavy atom. The van der Waals surface area contributed by atoms with Gasteiger partial charge in [-0.15, -0.1) is 15.3 Å². The lowest BCUT2D eigenvalue weighted by atomic mass is 9.87. The molecule has 9 heteroatoms. The first kappa shape index (κ1) is 18.3. The molecule has 0 bridgehead atoms. The second-order valence-electron chi connectivity index (χ2n) is 7.61. The van der Waals surface area contributed by atoms with E-state index in [1.807, 2.05) is 57.2 Å². The third-order valence-corrected chi connectivity index (χ3v) is 5.10. The summed E-state index contributed by atoms with van der Waals surface area (Å²) in [4.78, 5) is 12.5.